The van der Waals surface area contributed by atoms with Crippen molar-refractivity contribution in [2.75, 3.05) is 6.61 Å². The molecule has 4 rings (SSSR count). The van der Waals surface area contributed by atoms with Crippen molar-refractivity contribution in [1.29, 1.82) is 0 Å². The van der Waals surface area contributed by atoms with Crippen molar-refractivity contribution in [2.24, 2.45) is 0 Å². The summed E-state index contributed by atoms with van der Waals surface area (Å²) in [6.07, 6.45) is -2.05. The van der Waals surface area contributed by atoms with Gasteiger partial charge in [0.15, 0.2) is 16.9 Å². The molecule has 0 spiro atoms. The molecule has 34 heavy (non-hydrogen) atoms. The smallest absolute Gasteiger partial charge is 0.202 e. The molecule has 0 radical (unpaired) electrons. The number of aliphatic hydroxyl groups is 2. The maximum Gasteiger partial charge on any atom is 0.202 e. The lowest BCUT2D eigenvalue weighted by molar-refractivity contribution is -0.185. The van der Waals surface area contributed by atoms with Crippen LogP contribution in [0.15, 0.2) is 45.6 Å². The van der Waals surface area contributed by atoms with Crippen LogP contribution in [0.25, 0.3) is 22.3 Å². The Hall–Kier alpha value is -3.27. The number of benzene rings is 2. The molecule has 3 unspecified atom stereocenters. The van der Waals surface area contributed by atoms with Crippen molar-refractivity contribution in [3.05, 3.63) is 46.6 Å². The molecular weight excluding hydrogens is 444 g/mol. The number of rotatable bonds is 4. The number of aromatic hydroxyl groups is 3. The van der Waals surface area contributed by atoms with E-state index in [-0.39, 0.29) is 47.7 Å². The molecule has 1 fully saturated rings. The van der Waals surface area contributed by atoms with Gasteiger partial charge in [-0.3, -0.25) is 4.79 Å². The summed E-state index contributed by atoms with van der Waals surface area (Å²) in [5, 5.41) is 49.0. The lowest BCUT2D eigenvalue weighted by Gasteiger charge is -2.32. The first-order valence-electron chi connectivity index (χ1n) is 11.3. The Kier molecular flexibility index (Phi) is 9.73. The second-order valence-corrected chi connectivity index (χ2v) is 7.08. The SMILES string of the molecule is CC.CC.O=c1cc(-c2ccc(O)cc2)oc2cc(OC3CC(O)CC(CO)O3)c(O)c(O)c12. The van der Waals surface area contributed by atoms with Gasteiger partial charge in [-0.15, -0.1) is 0 Å². The van der Waals surface area contributed by atoms with Crippen LogP contribution in [0.1, 0.15) is 40.5 Å². The molecule has 0 saturated carbocycles. The maximum absolute atomic E-state index is 12.5. The summed E-state index contributed by atoms with van der Waals surface area (Å²) in [6.45, 7) is 7.69. The molecule has 186 valence electrons. The van der Waals surface area contributed by atoms with Gasteiger partial charge in [0.2, 0.25) is 12.0 Å². The summed E-state index contributed by atoms with van der Waals surface area (Å²) in [4.78, 5) is 12.5. The van der Waals surface area contributed by atoms with Crippen molar-refractivity contribution >= 4 is 11.0 Å². The fourth-order valence-corrected chi connectivity index (χ4v) is 3.41. The number of hydrogen-bond acceptors (Lipinski definition) is 9. The lowest BCUT2D eigenvalue weighted by atomic mass is 10.1. The molecule has 1 aliphatic heterocycles. The van der Waals surface area contributed by atoms with E-state index in [4.69, 9.17) is 13.9 Å². The third-order valence-corrected chi connectivity index (χ3v) is 4.89. The van der Waals surface area contributed by atoms with Crippen molar-refractivity contribution in [3.8, 4) is 34.3 Å². The van der Waals surface area contributed by atoms with Crippen molar-refractivity contribution < 1.29 is 39.4 Å². The molecule has 0 bridgehead atoms. The van der Waals surface area contributed by atoms with Gasteiger partial charge in [0.25, 0.3) is 0 Å². The number of hydrogen-bond donors (Lipinski definition) is 5. The third-order valence-electron chi connectivity index (χ3n) is 4.89. The van der Waals surface area contributed by atoms with E-state index in [9.17, 15) is 30.3 Å². The Bertz CT molecular complexity index is 1120. The summed E-state index contributed by atoms with van der Waals surface area (Å²) in [5.41, 5.74) is -0.0966. The first-order valence-corrected chi connectivity index (χ1v) is 11.3. The molecule has 0 amide bonds. The highest BCUT2D eigenvalue weighted by molar-refractivity contribution is 5.89. The van der Waals surface area contributed by atoms with Crippen molar-refractivity contribution in [1.82, 2.24) is 0 Å². The minimum Gasteiger partial charge on any atom is -0.508 e. The molecule has 3 atom stereocenters. The Balaban J connectivity index is 0.000000970. The Labute approximate surface area is 197 Å². The predicted molar refractivity (Wildman–Crippen MR) is 127 cm³/mol. The van der Waals surface area contributed by atoms with Crippen LogP contribution < -0.4 is 10.2 Å². The van der Waals surface area contributed by atoms with Gasteiger partial charge in [0.1, 0.15) is 22.5 Å². The second kappa shape index (κ2) is 12.3. The summed E-state index contributed by atoms with van der Waals surface area (Å²) in [7, 11) is 0. The van der Waals surface area contributed by atoms with E-state index in [0.29, 0.717) is 5.56 Å². The van der Waals surface area contributed by atoms with Gasteiger partial charge in [0.05, 0.1) is 18.8 Å². The average Bonchev–Trinajstić information content (AvgIpc) is 2.84. The van der Waals surface area contributed by atoms with E-state index in [1.54, 1.807) is 12.1 Å². The van der Waals surface area contributed by atoms with E-state index >= 15 is 0 Å². The summed E-state index contributed by atoms with van der Waals surface area (Å²) in [5.74, 6) is -1.34. The quantitative estimate of drug-likeness (QED) is 0.354. The fourth-order valence-electron chi connectivity index (χ4n) is 3.41. The minimum absolute atomic E-state index is 0.0362. The van der Waals surface area contributed by atoms with Gasteiger partial charge >= 0.3 is 0 Å². The lowest BCUT2D eigenvalue weighted by Crippen LogP contribution is -2.40. The third kappa shape index (κ3) is 5.99. The predicted octanol–water partition coefficient (Wildman–Crippen LogP) is 3.87. The van der Waals surface area contributed by atoms with Gasteiger partial charge in [0, 0.05) is 30.5 Å². The molecule has 1 aliphatic rings. The largest absolute Gasteiger partial charge is 0.508 e. The van der Waals surface area contributed by atoms with Gasteiger partial charge < -0.3 is 39.4 Å². The van der Waals surface area contributed by atoms with Crippen molar-refractivity contribution in [2.45, 2.75) is 59.0 Å². The molecule has 5 N–H and O–H groups in total. The Morgan fingerprint density at radius 2 is 1.62 bits per heavy atom. The average molecular weight is 477 g/mol. The van der Waals surface area contributed by atoms with Crippen LogP contribution in [-0.4, -0.2) is 50.6 Å². The Morgan fingerprint density at radius 3 is 2.24 bits per heavy atom. The summed E-state index contributed by atoms with van der Waals surface area (Å²) >= 11 is 0. The Morgan fingerprint density at radius 1 is 0.971 bits per heavy atom. The van der Waals surface area contributed by atoms with E-state index in [1.165, 1.54) is 24.3 Å². The molecule has 0 aliphatic carbocycles. The molecule has 9 heteroatoms. The number of phenolic OH excluding ortho intramolecular Hbond substituents is 3. The van der Waals surface area contributed by atoms with Crippen molar-refractivity contribution in [3.63, 3.8) is 0 Å². The van der Waals surface area contributed by atoms with E-state index in [0.717, 1.165) is 0 Å². The zero-order chi connectivity index (χ0) is 25.4. The van der Waals surface area contributed by atoms with Gasteiger partial charge in [-0.05, 0) is 24.3 Å². The number of fused-ring (bicyclic) bond motifs is 1. The molecular formula is C25H32O9. The molecule has 9 nitrogen and oxygen atoms in total. The monoisotopic (exact) mass is 476 g/mol. The first-order chi connectivity index (χ1) is 16.4. The number of phenols is 3. The van der Waals surface area contributed by atoms with Crippen LogP contribution in [0.2, 0.25) is 0 Å². The van der Waals surface area contributed by atoms with E-state index < -0.39 is 35.4 Å². The van der Waals surface area contributed by atoms with Gasteiger partial charge in [-0.25, -0.2) is 0 Å². The van der Waals surface area contributed by atoms with E-state index in [1.807, 2.05) is 27.7 Å². The minimum atomic E-state index is -0.986. The highest BCUT2D eigenvalue weighted by Crippen LogP contribution is 2.42. The van der Waals surface area contributed by atoms with E-state index in [2.05, 4.69) is 0 Å². The van der Waals surface area contributed by atoms with Crippen LogP contribution in [0.3, 0.4) is 0 Å². The van der Waals surface area contributed by atoms with Crippen LogP contribution in [0.5, 0.6) is 23.0 Å². The highest BCUT2D eigenvalue weighted by atomic mass is 16.7. The highest BCUT2D eigenvalue weighted by Gasteiger charge is 2.30. The molecule has 2 aromatic carbocycles. The van der Waals surface area contributed by atoms with Crippen LogP contribution in [0.4, 0.5) is 0 Å². The zero-order valence-electron chi connectivity index (χ0n) is 19.7. The standard InChI is InChI=1S/C21H20O9.2C2H6/c22-9-13-5-12(24)6-18(28-13)30-17-8-16-19(21(27)20(17)26)14(25)7-15(29-16)10-1-3-11(23)4-2-10;2*1-2/h1-4,7-8,12-13,18,22-24,26-27H,5-6,9H2;2*1-2H3. The molecule has 2 heterocycles. The summed E-state index contributed by atoms with van der Waals surface area (Å²) < 4.78 is 16.8. The first kappa shape index (κ1) is 27.0. The van der Waals surface area contributed by atoms with Gasteiger partial charge in [-0.2, -0.15) is 0 Å². The molecule has 1 aromatic heterocycles. The van der Waals surface area contributed by atoms with Crippen LogP contribution >= 0.6 is 0 Å². The van der Waals surface area contributed by atoms with Crippen LogP contribution in [0, 0.1) is 0 Å². The molecule has 1 saturated heterocycles. The summed E-state index contributed by atoms with van der Waals surface area (Å²) in [6, 6.07) is 8.40. The normalized spacial score (nSPS) is 19.4. The fraction of sp³-hybridized carbons (Fsp3) is 0.400. The number of ether oxygens (including phenoxy) is 2. The van der Waals surface area contributed by atoms with Gasteiger partial charge in [-0.1, -0.05) is 27.7 Å². The topological polar surface area (TPSA) is 150 Å². The molecule has 3 aromatic rings. The number of aliphatic hydroxyl groups excluding tert-OH is 2. The zero-order valence-corrected chi connectivity index (χ0v) is 19.7. The second-order valence-electron chi connectivity index (χ2n) is 7.08. The van der Waals surface area contributed by atoms with Crippen LogP contribution in [-0.2, 0) is 4.74 Å². The maximum atomic E-state index is 12.5.